The molecule has 2 aromatic rings. The molecule has 0 spiro atoms. The molecule has 0 aromatic carbocycles. The van der Waals surface area contributed by atoms with Gasteiger partial charge in [-0.1, -0.05) is 18.7 Å². The molecule has 1 atom stereocenters. The molecule has 0 aliphatic carbocycles. The Kier molecular flexibility index (Phi) is 9.77. The van der Waals surface area contributed by atoms with Crippen molar-refractivity contribution in [2.45, 2.75) is 38.6 Å². The number of amides is 3. The van der Waals surface area contributed by atoms with Gasteiger partial charge < -0.3 is 20.4 Å². The molecule has 3 heterocycles. The number of hydrogen-bond acceptors (Lipinski definition) is 6. The van der Waals surface area contributed by atoms with E-state index in [1.165, 1.54) is 6.08 Å². The molecule has 0 unspecified atom stereocenters. The van der Waals surface area contributed by atoms with E-state index >= 15 is 0 Å². The van der Waals surface area contributed by atoms with Gasteiger partial charge >= 0.3 is 0 Å². The number of nitrogens with zero attached hydrogens (tertiary/aromatic N) is 4. The SMILES string of the molecule is C=CC(=O)NCCCC[C@H](NC(=O)Cc1ccccn1)C(=O)N1CCN(c2cccc(C)n2)CC1. The van der Waals surface area contributed by atoms with Crippen molar-refractivity contribution in [3.05, 3.63) is 66.6 Å². The molecule has 1 fully saturated rings. The van der Waals surface area contributed by atoms with Crippen LogP contribution in [0.25, 0.3) is 0 Å². The Bertz CT molecular complexity index is 1010. The molecule has 2 aromatic heterocycles. The van der Waals surface area contributed by atoms with Crippen LogP contribution in [-0.2, 0) is 20.8 Å². The van der Waals surface area contributed by atoms with Crippen molar-refractivity contribution >= 4 is 23.5 Å². The standard InChI is InChI=1S/C26H34N6O3/c1-3-24(33)28-14-7-5-11-22(30-25(34)19-21-10-4-6-13-27-21)26(35)32-17-15-31(16-18-32)23-12-8-9-20(2)29-23/h3-4,6,8-10,12-13,22H,1,5,7,11,14-19H2,2H3,(H,28,33)(H,30,34)/t22-/m0/s1. The molecule has 0 saturated carbocycles. The van der Waals surface area contributed by atoms with E-state index in [1.54, 1.807) is 18.3 Å². The number of anilines is 1. The average Bonchev–Trinajstić information content (AvgIpc) is 2.88. The molecule has 3 rings (SSSR count). The maximum Gasteiger partial charge on any atom is 0.245 e. The first kappa shape index (κ1) is 25.9. The molecule has 9 nitrogen and oxygen atoms in total. The lowest BCUT2D eigenvalue weighted by Crippen LogP contribution is -2.55. The lowest BCUT2D eigenvalue weighted by Gasteiger charge is -2.37. The number of rotatable bonds is 11. The second-order valence-corrected chi connectivity index (χ2v) is 8.56. The molecule has 0 bridgehead atoms. The minimum Gasteiger partial charge on any atom is -0.353 e. The van der Waals surface area contributed by atoms with Crippen molar-refractivity contribution in [2.75, 3.05) is 37.6 Å². The van der Waals surface area contributed by atoms with E-state index in [2.05, 4.69) is 32.1 Å². The van der Waals surface area contributed by atoms with E-state index in [4.69, 9.17) is 0 Å². The Labute approximate surface area is 206 Å². The molecule has 1 aliphatic rings. The summed E-state index contributed by atoms with van der Waals surface area (Å²) < 4.78 is 0. The van der Waals surface area contributed by atoms with Crippen molar-refractivity contribution in [2.24, 2.45) is 0 Å². The smallest absolute Gasteiger partial charge is 0.245 e. The van der Waals surface area contributed by atoms with Gasteiger partial charge in [-0.25, -0.2) is 4.98 Å². The van der Waals surface area contributed by atoms with Crippen LogP contribution < -0.4 is 15.5 Å². The van der Waals surface area contributed by atoms with Gasteiger partial charge in [-0.3, -0.25) is 19.4 Å². The molecule has 35 heavy (non-hydrogen) atoms. The summed E-state index contributed by atoms with van der Waals surface area (Å²) in [6.45, 7) is 8.40. The number of hydrogen-bond donors (Lipinski definition) is 2. The molecule has 0 radical (unpaired) electrons. The van der Waals surface area contributed by atoms with E-state index in [0.717, 1.165) is 11.5 Å². The minimum atomic E-state index is -0.620. The topological polar surface area (TPSA) is 108 Å². The summed E-state index contributed by atoms with van der Waals surface area (Å²) in [5.41, 5.74) is 1.61. The first-order chi connectivity index (χ1) is 17.0. The second kappa shape index (κ2) is 13.2. The first-order valence-corrected chi connectivity index (χ1v) is 12.0. The monoisotopic (exact) mass is 478 g/mol. The summed E-state index contributed by atoms with van der Waals surface area (Å²) >= 11 is 0. The van der Waals surface area contributed by atoms with Crippen LogP contribution in [0, 0.1) is 6.92 Å². The third kappa shape index (κ3) is 8.20. The number of pyridine rings is 2. The van der Waals surface area contributed by atoms with Crippen LogP contribution in [0.1, 0.15) is 30.7 Å². The van der Waals surface area contributed by atoms with Crippen molar-refractivity contribution in [1.29, 1.82) is 0 Å². The van der Waals surface area contributed by atoms with Gasteiger partial charge in [0.1, 0.15) is 11.9 Å². The zero-order valence-electron chi connectivity index (χ0n) is 20.3. The maximum absolute atomic E-state index is 13.4. The largest absolute Gasteiger partial charge is 0.353 e. The highest BCUT2D eigenvalue weighted by Gasteiger charge is 2.29. The molecule has 3 amide bonds. The van der Waals surface area contributed by atoms with Crippen molar-refractivity contribution in [3.8, 4) is 0 Å². The summed E-state index contributed by atoms with van der Waals surface area (Å²) in [6.07, 6.45) is 4.88. The highest BCUT2D eigenvalue weighted by atomic mass is 16.2. The fraction of sp³-hybridized carbons (Fsp3) is 0.423. The summed E-state index contributed by atoms with van der Waals surface area (Å²) in [6, 6.07) is 10.7. The lowest BCUT2D eigenvalue weighted by molar-refractivity contribution is -0.136. The second-order valence-electron chi connectivity index (χ2n) is 8.56. The molecule has 1 aliphatic heterocycles. The van der Waals surface area contributed by atoms with Crippen LogP contribution in [0.3, 0.4) is 0 Å². The number of unbranched alkanes of at least 4 members (excludes halogenated alkanes) is 1. The fourth-order valence-electron chi connectivity index (χ4n) is 4.01. The molecular weight excluding hydrogens is 444 g/mol. The molecule has 2 N–H and O–H groups in total. The summed E-state index contributed by atoms with van der Waals surface area (Å²) in [4.78, 5) is 50.2. The van der Waals surface area contributed by atoms with E-state index in [9.17, 15) is 14.4 Å². The van der Waals surface area contributed by atoms with Gasteiger partial charge in [0.25, 0.3) is 0 Å². The quantitative estimate of drug-likeness (QED) is 0.376. The van der Waals surface area contributed by atoms with Crippen LogP contribution in [0.15, 0.2) is 55.3 Å². The average molecular weight is 479 g/mol. The van der Waals surface area contributed by atoms with Gasteiger partial charge in [0.15, 0.2) is 0 Å². The van der Waals surface area contributed by atoms with Crippen LogP contribution in [0.2, 0.25) is 0 Å². The molecule has 9 heteroatoms. The number of aryl methyl sites for hydroxylation is 1. The summed E-state index contributed by atoms with van der Waals surface area (Å²) in [5, 5.41) is 5.66. The Morgan fingerprint density at radius 3 is 2.57 bits per heavy atom. The van der Waals surface area contributed by atoms with E-state index in [1.807, 2.05) is 36.1 Å². The molecule has 186 valence electrons. The minimum absolute atomic E-state index is 0.0775. The predicted octanol–water partition coefficient (Wildman–Crippen LogP) is 1.63. The third-order valence-corrected chi connectivity index (χ3v) is 5.89. The van der Waals surface area contributed by atoms with Crippen LogP contribution in [0.4, 0.5) is 5.82 Å². The zero-order valence-corrected chi connectivity index (χ0v) is 20.3. The number of piperazine rings is 1. The number of carbonyl (C=O) groups is 3. The number of carbonyl (C=O) groups excluding carboxylic acids is 3. The van der Waals surface area contributed by atoms with Gasteiger partial charge in [0.05, 0.1) is 6.42 Å². The Balaban J connectivity index is 1.57. The number of nitrogens with one attached hydrogen (secondary N) is 2. The highest BCUT2D eigenvalue weighted by molar-refractivity contribution is 5.88. The number of aromatic nitrogens is 2. The predicted molar refractivity (Wildman–Crippen MR) is 135 cm³/mol. The zero-order chi connectivity index (χ0) is 25.0. The van der Waals surface area contributed by atoms with Gasteiger partial charge in [0, 0.05) is 50.3 Å². The van der Waals surface area contributed by atoms with E-state index in [0.29, 0.717) is 57.7 Å². The molecule has 1 saturated heterocycles. The fourth-order valence-corrected chi connectivity index (χ4v) is 4.01. The van der Waals surface area contributed by atoms with Gasteiger partial charge in [-0.05, 0) is 56.5 Å². The van der Waals surface area contributed by atoms with Crippen LogP contribution in [0.5, 0.6) is 0 Å². The van der Waals surface area contributed by atoms with Crippen LogP contribution >= 0.6 is 0 Å². The van der Waals surface area contributed by atoms with Gasteiger partial charge in [-0.15, -0.1) is 0 Å². The Morgan fingerprint density at radius 2 is 1.89 bits per heavy atom. The van der Waals surface area contributed by atoms with Crippen molar-refractivity contribution < 1.29 is 14.4 Å². The van der Waals surface area contributed by atoms with Crippen LogP contribution in [-0.4, -0.2) is 71.4 Å². The molecular formula is C26H34N6O3. The van der Waals surface area contributed by atoms with Crippen molar-refractivity contribution in [3.63, 3.8) is 0 Å². The van der Waals surface area contributed by atoms with Crippen molar-refractivity contribution in [1.82, 2.24) is 25.5 Å². The van der Waals surface area contributed by atoms with Gasteiger partial charge in [-0.2, -0.15) is 0 Å². The summed E-state index contributed by atoms with van der Waals surface area (Å²) in [7, 11) is 0. The van der Waals surface area contributed by atoms with E-state index < -0.39 is 6.04 Å². The normalized spacial score (nSPS) is 14.2. The summed E-state index contributed by atoms with van der Waals surface area (Å²) in [5.74, 6) is 0.386. The van der Waals surface area contributed by atoms with Gasteiger partial charge in [0.2, 0.25) is 17.7 Å². The first-order valence-electron chi connectivity index (χ1n) is 12.0. The third-order valence-electron chi connectivity index (χ3n) is 5.89. The Hall–Kier alpha value is -3.75. The van der Waals surface area contributed by atoms with E-state index in [-0.39, 0.29) is 24.1 Å². The maximum atomic E-state index is 13.4. The highest BCUT2D eigenvalue weighted by Crippen LogP contribution is 2.15. The lowest BCUT2D eigenvalue weighted by atomic mass is 10.1. The Morgan fingerprint density at radius 1 is 1.09 bits per heavy atom.